The molecule has 6 rings (SSSR count). The van der Waals surface area contributed by atoms with E-state index < -0.39 is 0 Å². The number of nitrogens with one attached hydrogen (secondary N) is 1. The maximum absolute atomic E-state index is 12.8. The van der Waals surface area contributed by atoms with Crippen LogP contribution in [0.1, 0.15) is 48.2 Å². The predicted octanol–water partition coefficient (Wildman–Crippen LogP) is 2.56. The molecular weight excluding hydrogens is 314 g/mol. The molecule has 4 aliphatic carbocycles. The van der Waals surface area contributed by atoms with E-state index in [-0.39, 0.29) is 23.1 Å². The summed E-state index contributed by atoms with van der Waals surface area (Å²) in [6, 6.07) is 5.74. The van der Waals surface area contributed by atoms with E-state index in [1.807, 2.05) is 19.1 Å². The van der Waals surface area contributed by atoms with Crippen molar-refractivity contribution in [1.29, 1.82) is 0 Å². The van der Waals surface area contributed by atoms with Crippen molar-refractivity contribution in [3.8, 4) is 0 Å². The number of pyridine rings is 1. The predicted molar refractivity (Wildman–Crippen MR) is 94.5 cm³/mol. The fourth-order valence-corrected chi connectivity index (χ4v) is 5.82. The Morgan fingerprint density at radius 2 is 1.80 bits per heavy atom. The van der Waals surface area contributed by atoms with Crippen LogP contribution >= 0.6 is 0 Å². The van der Waals surface area contributed by atoms with Crippen LogP contribution in [-0.2, 0) is 0 Å². The van der Waals surface area contributed by atoms with Gasteiger partial charge in [0.05, 0.1) is 0 Å². The minimum atomic E-state index is -0.274. The molecular formula is C20H23N3O2. The van der Waals surface area contributed by atoms with Crippen molar-refractivity contribution in [3.05, 3.63) is 46.0 Å². The topological polar surface area (TPSA) is 63.5 Å². The first kappa shape index (κ1) is 15.1. The van der Waals surface area contributed by atoms with Gasteiger partial charge < -0.3 is 5.32 Å². The molecule has 5 heteroatoms. The molecule has 4 saturated carbocycles. The molecule has 0 radical (unpaired) electrons. The number of aromatic nitrogens is 2. The second-order valence-electron chi connectivity index (χ2n) is 8.27. The van der Waals surface area contributed by atoms with E-state index in [0.29, 0.717) is 17.5 Å². The highest BCUT2D eigenvalue weighted by Crippen LogP contribution is 2.53. The molecule has 25 heavy (non-hydrogen) atoms. The zero-order chi connectivity index (χ0) is 17.1. The van der Waals surface area contributed by atoms with Gasteiger partial charge in [-0.25, -0.2) is 4.98 Å². The molecule has 1 amide bonds. The number of carbonyl (C=O) groups excluding carboxylic acids is 1. The van der Waals surface area contributed by atoms with Crippen LogP contribution in [0.4, 0.5) is 0 Å². The Morgan fingerprint density at radius 3 is 2.48 bits per heavy atom. The number of carbonyl (C=O) groups is 1. The van der Waals surface area contributed by atoms with Gasteiger partial charge in [0.2, 0.25) is 0 Å². The molecule has 1 N–H and O–H groups in total. The third kappa shape index (κ3) is 2.32. The van der Waals surface area contributed by atoms with Gasteiger partial charge in [-0.15, -0.1) is 0 Å². The Labute approximate surface area is 146 Å². The lowest BCUT2D eigenvalue weighted by Crippen LogP contribution is -2.56. The van der Waals surface area contributed by atoms with Crippen LogP contribution in [0.3, 0.4) is 0 Å². The van der Waals surface area contributed by atoms with Crippen molar-refractivity contribution >= 4 is 11.6 Å². The zero-order valence-electron chi connectivity index (χ0n) is 14.4. The molecule has 0 spiro atoms. The highest BCUT2D eigenvalue weighted by Gasteiger charge is 2.48. The first-order chi connectivity index (χ1) is 12.1. The van der Waals surface area contributed by atoms with Crippen molar-refractivity contribution in [2.75, 3.05) is 0 Å². The van der Waals surface area contributed by atoms with Crippen molar-refractivity contribution in [2.24, 2.45) is 23.7 Å². The van der Waals surface area contributed by atoms with Crippen molar-refractivity contribution in [1.82, 2.24) is 14.7 Å². The summed E-state index contributed by atoms with van der Waals surface area (Å²) >= 11 is 0. The number of amides is 1. The number of fused-ring (bicyclic) bond motifs is 1. The summed E-state index contributed by atoms with van der Waals surface area (Å²) < 4.78 is 1.52. The summed E-state index contributed by atoms with van der Waals surface area (Å²) in [7, 11) is 0. The van der Waals surface area contributed by atoms with E-state index >= 15 is 0 Å². The van der Waals surface area contributed by atoms with Gasteiger partial charge in [-0.3, -0.25) is 14.0 Å². The quantitative estimate of drug-likeness (QED) is 0.916. The number of nitrogens with zero attached hydrogens (tertiary/aromatic N) is 2. The van der Waals surface area contributed by atoms with Gasteiger partial charge in [0.1, 0.15) is 11.2 Å². The van der Waals surface area contributed by atoms with E-state index in [1.54, 1.807) is 6.07 Å². The van der Waals surface area contributed by atoms with Crippen LogP contribution in [0, 0.1) is 30.6 Å². The molecule has 4 bridgehead atoms. The molecule has 4 fully saturated rings. The summed E-state index contributed by atoms with van der Waals surface area (Å²) in [5.74, 6) is 2.67. The average Bonchev–Trinajstić information content (AvgIpc) is 2.57. The lowest BCUT2D eigenvalue weighted by molar-refractivity contribution is -0.0119. The van der Waals surface area contributed by atoms with Crippen LogP contribution in [0.5, 0.6) is 0 Å². The molecule has 5 nitrogen and oxygen atoms in total. The normalized spacial score (nSPS) is 32.9. The lowest BCUT2D eigenvalue weighted by atomic mass is 9.54. The molecule has 0 unspecified atom stereocenters. The number of rotatable bonds is 2. The second kappa shape index (κ2) is 5.41. The maximum atomic E-state index is 12.8. The van der Waals surface area contributed by atoms with E-state index in [2.05, 4.69) is 10.3 Å². The largest absolute Gasteiger partial charge is 0.349 e. The van der Waals surface area contributed by atoms with Gasteiger partial charge in [0, 0.05) is 17.9 Å². The second-order valence-corrected chi connectivity index (χ2v) is 8.27. The molecule has 0 saturated heterocycles. The van der Waals surface area contributed by atoms with Crippen molar-refractivity contribution in [3.63, 3.8) is 0 Å². The van der Waals surface area contributed by atoms with E-state index in [4.69, 9.17) is 0 Å². The Morgan fingerprint density at radius 1 is 1.12 bits per heavy atom. The van der Waals surface area contributed by atoms with E-state index in [0.717, 1.165) is 17.5 Å². The van der Waals surface area contributed by atoms with Gasteiger partial charge in [-0.05, 0) is 74.8 Å². The van der Waals surface area contributed by atoms with E-state index in [1.165, 1.54) is 42.7 Å². The van der Waals surface area contributed by atoms with Gasteiger partial charge in [-0.2, -0.15) is 0 Å². The Balaban J connectivity index is 1.45. The monoisotopic (exact) mass is 337 g/mol. The smallest absolute Gasteiger partial charge is 0.270 e. The first-order valence-corrected chi connectivity index (χ1v) is 9.38. The molecule has 0 aliphatic heterocycles. The van der Waals surface area contributed by atoms with Gasteiger partial charge in [-0.1, -0.05) is 6.07 Å². The number of hydrogen-bond acceptors (Lipinski definition) is 3. The fraction of sp³-hybridized carbons (Fsp3) is 0.550. The number of aryl methyl sites for hydroxylation is 1. The van der Waals surface area contributed by atoms with Gasteiger partial charge in [0.15, 0.2) is 0 Å². The standard InChI is InChI=1S/C20H23N3O2/c1-11-3-2-4-17-21-10-16(20(25)23(11)17)19(24)22-18-14-6-12-5-13(8-14)9-15(18)7-12/h2-4,10,12-15,18H,5-9H2,1H3,(H,22,24). The minimum Gasteiger partial charge on any atom is -0.349 e. The SMILES string of the molecule is Cc1cccc2ncc(C(=O)NC3C4CC5CC(C4)CC3C5)c(=O)n12. The highest BCUT2D eigenvalue weighted by molar-refractivity contribution is 5.94. The molecule has 0 aromatic carbocycles. The maximum Gasteiger partial charge on any atom is 0.270 e. The van der Waals surface area contributed by atoms with Crippen molar-refractivity contribution in [2.45, 2.75) is 45.1 Å². The summed E-state index contributed by atoms with van der Waals surface area (Å²) in [6.45, 7) is 1.86. The fourth-order valence-electron chi connectivity index (χ4n) is 5.82. The number of hydrogen-bond donors (Lipinski definition) is 1. The van der Waals surface area contributed by atoms with Crippen LogP contribution in [0.15, 0.2) is 29.2 Å². The highest BCUT2D eigenvalue weighted by atomic mass is 16.2. The minimum absolute atomic E-state index is 0.153. The Bertz CT molecular complexity index is 889. The first-order valence-electron chi connectivity index (χ1n) is 9.38. The summed E-state index contributed by atoms with van der Waals surface area (Å²) in [6.07, 6.45) is 7.79. The van der Waals surface area contributed by atoms with Crippen LogP contribution < -0.4 is 10.9 Å². The van der Waals surface area contributed by atoms with Crippen LogP contribution in [0.2, 0.25) is 0 Å². The summed E-state index contributed by atoms with van der Waals surface area (Å²) in [5.41, 5.74) is 1.25. The third-order valence-electron chi connectivity index (χ3n) is 6.69. The molecule has 130 valence electrons. The average molecular weight is 337 g/mol. The molecule has 2 aromatic heterocycles. The molecule has 2 heterocycles. The molecule has 0 atom stereocenters. The summed E-state index contributed by atoms with van der Waals surface area (Å²) in [4.78, 5) is 30.0. The Hall–Kier alpha value is -2.17. The van der Waals surface area contributed by atoms with Gasteiger partial charge >= 0.3 is 0 Å². The Kier molecular flexibility index (Phi) is 3.27. The van der Waals surface area contributed by atoms with E-state index in [9.17, 15) is 9.59 Å². The van der Waals surface area contributed by atoms with Gasteiger partial charge in [0.25, 0.3) is 11.5 Å². The molecule has 2 aromatic rings. The zero-order valence-corrected chi connectivity index (χ0v) is 14.4. The summed E-state index contributed by atoms with van der Waals surface area (Å²) in [5, 5.41) is 3.21. The lowest BCUT2D eigenvalue weighted by Gasteiger charge is -2.54. The molecule has 4 aliphatic rings. The van der Waals surface area contributed by atoms with Crippen LogP contribution in [0.25, 0.3) is 5.65 Å². The van der Waals surface area contributed by atoms with Crippen LogP contribution in [-0.4, -0.2) is 21.3 Å². The van der Waals surface area contributed by atoms with Crippen molar-refractivity contribution < 1.29 is 4.79 Å². The third-order valence-corrected chi connectivity index (χ3v) is 6.69.